The number of anilines is 1. The molecular formula is C8H7ClN6O. The van der Waals surface area contributed by atoms with Crippen molar-refractivity contribution >= 4 is 23.8 Å². The second-order valence-electron chi connectivity index (χ2n) is 2.87. The highest BCUT2D eigenvalue weighted by atomic mass is 35.5. The van der Waals surface area contributed by atoms with Crippen LogP contribution in [0.15, 0.2) is 23.3 Å². The average Bonchev–Trinajstić information content (AvgIpc) is 2.66. The first-order chi connectivity index (χ1) is 7.66. The van der Waals surface area contributed by atoms with Crippen LogP contribution in [0, 0.1) is 0 Å². The number of hydrogen-bond acceptors (Lipinski definition) is 6. The van der Waals surface area contributed by atoms with Gasteiger partial charge in [0.2, 0.25) is 0 Å². The maximum absolute atomic E-state index is 9.49. The molecule has 7 nitrogen and oxygen atoms in total. The normalized spacial score (nSPS) is 11.1. The van der Waals surface area contributed by atoms with E-state index in [1.54, 1.807) is 12.1 Å². The molecule has 3 N–H and O–H groups in total. The quantitative estimate of drug-likeness (QED) is 0.742. The fraction of sp³-hybridized carbons (Fsp3) is 0. The van der Waals surface area contributed by atoms with E-state index >= 15 is 0 Å². The van der Waals surface area contributed by atoms with Gasteiger partial charge in [0, 0.05) is 10.6 Å². The predicted molar refractivity (Wildman–Crippen MR) is 58.3 cm³/mol. The number of rotatable bonds is 2. The Labute approximate surface area is 95.1 Å². The Morgan fingerprint density at radius 3 is 3.00 bits per heavy atom. The number of phenols is 1. The van der Waals surface area contributed by atoms with E-state index in [2.05, 4.69) is 20.6 Å². The van der Waals surface area contributed by atoms with Crippen LogP contribution in [0.3, 0.4) is 0 Å². The SMILES string of the molecule is Nc1nnnn1/N=C\c1cc(Cl)ccc1O. The summed E-state index contributed by atoms with van der Waals surface area (Å²) in [5, 5.41) is 24.1. The maximum Gasteiger partial charge on any atom is 0.263 e. The summed E-state index contributed by atoms with van der Waals surface area (Å²) in [5.41, 5.74) is 5.84. The zero-order chi connectivity index (χ0) is 11.5. The fourth-order valence-corrected chi connectivity index (χ4v) is 1.20. The van der Waals surface area contributed by atoms with E-state index < -0.39 is 0 Å². The zero-order valence-corrected chi connectivity index (χ0v) is 8.70. The molecule has 0 amide bonds. The van der Waals surface area contributed by atoms with Crippen molar-refractivity contribution in [3.05, 3.63) is 28.8 Å². The molecule has 0 aliphatic rings. The highest BCUT2D eigenvalue weighted by molar-refractivity contribution is 6.30. The van der Waals surface area contributed by atoms with Crippen LogP contribution in [-0.4, -0.2) is 31.6 Å². The number of nitrogens with two attached hydrogens (primary N) is 1. The number of aromatic nitrogens is 4. The average molecular weight is 239 g/mol. The van der Waals surface area contributed by atoms with E-state index in [9.17, 15) is 5.11 Å². The number of benzene rings is 1. The molecule has 0 fully saturated rings. The molecule has 0 saturated heterocycles. The minimum absolute atomic E-state index is 0.0535. The van der Waals surface area contributed by atoms with Gasteiger partial charge in [0.15, 0.2) is 0 Å². The Bertz CT molecular complexity index is 537. The third-order valence-corrected chi connectivity index (χ3v) is 2.01. The Balaban J connectivity index is 2.30. The van der Waals surface area contributed by atoms with Crippen molar-refractivity contribution in [3.63, 3.8) is 0 Å². The molecule has 0 bridgehead atoms. The van der Waals surface area contributed by atoms with Gasteiger partial charge in [-0.3, -0.25) is 0 Å². The van der Waals surface area contributed by atoms with E-state index in [-0.39, 0.29) is 11.7 Å². The number of tetrazole rings is 1. The van der Waals surface area contributed by atoms with Crippen LogP contribution in [0.25, 0.3) is 0 Å². The second-order valence-corrected chi connectivity index (χ2v) is 3.31. The lowest BCUT2D eigenvalue weighted by Crippen LogP contribution is -1.99. The smallest absolute Gasteiger partial charge is 0.263 e. The van der Waals surface area contributed by atoms with Gasteiger partial charge in [-0.05, 0) is 28.6 Å². The molecule has 1 aromatic heterocycles. The molecule has 0 unspecified atom stereocenters. The Kier molecular flexibility index (Phi) is 2.69. The highest BCUT2D eigenvalue weighted by Gasteiger charge is 2.00. The monoisotopic (exact) mass is 238 g/mol. The topological polar surface area (TPSA) is 102 Å². The van der Waals surface area contributed by atoms with Gasteiger partial charge in [-0.1, -0.05) is 21.5 Å². The second kappa shape index (κ2) is 4.15. The lowest BCUT2D eigenvalue weighted by atomic mass is 10.2. The van der Waals surface area contributed by atoms with Crippen LogP contribution in [0.4, 0.5) is 5.95 Å². The van der Waals surface area contributed by atoms with Crippen LogP contribution in [-0.2, 0) is 0 Å². The molecule has 1 aromatic carbocycles. The summed E-state index contributed by atoms with van der Waals surface area (Å²) in [6, 6.07) is 4.59. The largest absolute Gasteiger partial charge is 0.507 e. The van der Waals surface area contributed by atoms with Crippen molar-refractivity contribution in [2.45, 2.75) is 0 Å². The number of hydrogen-bond donors (Lipinski definition) is 2. The van der Waals surface area contributed by atoms with Crippen molar-refractivity contribution in [2.75, 3.05) is 5.73 Å². The summed E-state index contributed by atoms with van der Waals surface area (Å²) in [5.74, 6) is 0.109. The summed E-state index contributed by atoms with van der Waals surface area (Å²) < 4.78 is 0. The Morgan fingerprint density at radius 2 is 2.31 bits per heavy atom. The van der Waals surface area contributed by atoms with Crippen LogP contribution in [0.5, 0.6) is 5.75 Å². The third kappa shape index (κ3) is 2.09. The molecule has 82 valence electrons. The maximum atomic E-state index is 9.49. The standard InChI is InChI=1S/C8H7ClN6O/c9-6-1-2-7(16)5(3-6)4-11-15-8(10)12-13-14-15/h1-4,16H,(H2,10,12,14)/b11-4-. The third-order valence-electron chi connectivity index (χ3n) is 1.77. The summed E-state index contributed by atoms with van der Waals surface area (Å²) >= 11 is 5.76. The van der Waals surface area contributed by atoms with Gasteiger partial charge in [-0.2, -0.15) is 5.10 Å². The predicted octanol–water partition coefficient (Wildman–Crippen LogP) is 0.496. The minimum Gasteiger partial charge on any atom is -0.507 e. The van der Waals surface area contributed by atoms with Gasteiger partial charge in [0.25, 0.3) is 5.95 Å². The number of aromatic hydroxyl groups is 1. The van der Waals surface area contributed by atoms with Gasteiger partial charge < -0.3 is 10.8 Å². The van der Waals surface area contributed by atoms with Crippen molar-refractivity contribution < 1.29 is 5.11 Å². The van der Waals surface area contributed by atoms with Crippen molar-refractivity contribution in [3.8, 4) is 5.75 Å². The van der Waals surface area contributed by atoms with E-state index in [4.69, 9.17) is 17.3 Å². The lowest BCUT2D eigenvalue weighted by molar-refractivity contribution is 0.474. The molecular weight excluding hydrogens is 232 g/mol. The van der Waals surface area contributed by atoms with Gasteiger partial charge in [-0.25, -0.2) is 0 Å². The molecule has 0 spiro atoms. The van der Waals surface area contributed by atoms with E-state index in [1.165, 1.54) is 12.3 Å². The molecule has 0 aliphatic carbocycles. The number of nitrogens with zero attached hydrogens (tertiary/aromatic N) is 5. The molecule has 0 aliphatic heterocycles. The molecule has 2 aromatic rings. The number of nitrogen functional groups attached to an aromatic ring is 1. The summed E-state index contributed by atoms with van der Waals surface area (Å²) in [7, 11) is 0. The Morgan fingerprint density at radius 1 is 1.50 bits per heavy atom. The van der Waals surface area contributed by atoms with Gasteiger partial charge >= 0.3 is 0 Å². The summed E-state index contributed by atoms with van der Waals surface area (Å²) in [4.78, 5) is 1.03. The van der Waals surface area contributed by atoms with Crippen molar-refractivity contribution in [2.24, 2.45) is 5.10 Å². The van der Waals surface area contributed by atoms with Crippen LogP contribution < -0.4 is 5.73 Å². The first-order valence-corrected chi connectivity index (χ1v) is 4.61. The van der Waals surface area contributed by atoms with Gasteiger partial charge in [0.05, 0.1) is 6.21 Å². The molecule has 2 rings (SSSR count). The molecule has 16 heavy (non-hydrogen) atoms. The van der Waals surface area contributed by atoms with Crippen LogP contribution >= 0.6 is 11.6 Å². The zero-order valence-electron chi connectivity index (χ0n) is 7.95. The first-order valence-electron chi connectivity index (χ1n) is 4.23. The molecule has 0 atom stereocenters. The summed E-state index contributed by atoms with van der Waals surface area (Å²) in [6.07, 6.45) is 1.36. The van der Waals surface area contributed by atoms with Crippen molar-refractivity contribution in [1.29, 1.82) is 0 Å². The van der Waals surface area contributed by atoms with Crippen LogP contribution in [0.1, 0.15) is 5.56 Å². The molecule has 8 heteroatoms. The molecule has 1 heterocycles. The van der Waals surface area contributed by atoms with E-state index in [1.807, 2.05) is 0 Å². The van der Waals surface area contributed by atoms with Crippen molar-refractivity contribution in [1.82, 2.24) is 20.3 Å². The highest BCUT2D eigenvalue weighted by Crippen LogP contribution is 2.19. The number of halogens is 1. The van der Waals surface area contributed by atoms with E-state index in [0.717, 1.165) is 4.79 Å². The van der Waals surface area contributed by atoms with Gasteiger partial charge in [0.1, 0.15) is 5.75 Å². The van der Waals surface area contributed by atoms with Crippen LogP contribution in [0.2, 0.25) is 5.02 Å². The molecule has 0 saturated carbocycles. The van der Waals surface area contributed by atoms with E-state index in [0.29, 0.717) is 10.6 Å². The lowest BCUT2D eigenvalue weighted by Gasteiger charge is -1.98. The molecule has 0 radical (unpaired) electrons. The fourth-order valence-electron chi connectivity index (χ4n) is 1.02. The summed E-state index contributed by atoms with van der Waals surface area (Å²) in [6.45, 7) is 0. The number of phenolic OH excluding ortho intramolecular Hbond substituents is 1. The van der Waals surface area contributed by atoms with Gasteiger partial charge in [-0.15, -0.1) is 0 Å². The Hall–Kier alpha value is -2.15. The first kappa shape index (κ1) is 10.4. The minimum atomic E-state index is 0.0535.